The first kappa shape index (κ1) is 9.93. The third-order valence-electron chi connectivity index (χ3n) is 3.93. The molecule has 2 aliphatic rings. The van der Waals surface area contributed by atoms with Crippen LogP contribution in [0.25, 0.3) is 0 Å². The normalized spacial score (nSPS) is 41.6. The lowest BCUT2D eigenvalue weighted by molar-refractivity contribution is -0.156. The Hall–Kier alpha value is -0.610. The molecule has 2 heterocycles. The summed E-state index contributed by atoms with van der Waals surface area (Å²) in [7, 11) is 3.78. The SMILES string of the molecule is CN(C)C1(C(=O)O)CCN2CCC1C2. The van der Waals surface area contributed by atoms with Crippen LogP contribution in [0.3, 0.4) is 0 Å². The number of rotatable bonds is 2. The van der Waals surface area contributed by atoms with Crippen molar-refractivity contribution >= 4 is 5.97 Å². The summed E-state index contributed by atoms with van der Waals surface area (Å²) < 4.78 is 0. The lowest BCUT2D eigenvalue weighted by Gasteiger charge is -2.44. The molecule has 0 amide bonds. The second kappa shape index (κ2) is 3.21. The van der Waals surface area contributed by atoms with Crippen LogP contribution in [0, 0.1) is 5.92 Å². The van der Waals surface area contributed by atoms with E-state index in [1.165, 1.54) is 0 Å². The summed E-state index contributed by atoms with van der Waals surface area (Å²) in [5, 5.41) is 9.42. The molecule has 2 rings (SSSR count). The molecule has 1 N–H and O–H groups in total. The summed E-state index contributed by atoms with van der Waals surface area (Å²) in [6.45, 7) is 2.97. The second-order valence-corrected chi connectivity index (χ2v) is 4.66. The van der Waals surface area contributed by atoms with Crippen LogP contribution in [0.1, 0.15) is 12.8 Å². The Morgan fingerprint density at radius 2 is 2.21 bits per heavy atom. The Balaban J connectivity index is 2.30. The van der Waals surface area contributed by atoms with E-state index >= 15 is 0 Å². The average molecular weight is 198 g/mol. The van der Waals surface area contributed by atoms with E-state index in [4.69, 9.17) is 0 Å². The van der Waals surface area contributed by atoms with Gasteiger partial charge in [0.2, 0.25) is 0 Å². The standard InChI is InChI=1S/C10H18N2O2/c1-11(2)10(9(13)14)4-6-12-5-3-8(10)7-12/h8H,3-7H2,1-2H3,(H,13,14). The maximum absolute atomic E-state index is 11.4. The number of carbonyl (C=O) groups is 1. The number of aliphatic carboxylic acids is 1. The first-order chi connectivity index (χ1) is 6.57. The minimum absolute atomic E-state index is 0.309. The molecule has 0 aromatic heterocycles. The predicted molar refractivity (Wildman–Crippen MR) is 53.2 cm³/mol. The molecule has 4 nitrogen and oxygen atoms in total. The van der Waals surface area contributed by atoms with Gasteiger partial charge in [-0.05, 0) is 33.5 Å². The zero-order chi connectivity index (χ0) is 10.3. The summed E-state index contributed by atoms with van der Waals surface area (Å²) in [5.74, 6) is -0.335. The molecule has 80 valence electrons. The van der Waals surface area contributed by atoms with Crippen molar-refractivity contribution in [2.45, 2.75) is 18.4 Å². The van der Waals surface area contributed by atoms with Crippen molar-refractivity contribution in [1.29, 1.82) is 0 Å². The maximum Gasteiger partial charge on any atom is 0.324 e. The summed E-state index contributed by atoms with van der Waals surface area (Å²) in [4.78, 5) is 15.7. The number of hydrogen-bond donors (Lipinski definition) is 1. The van der Waals surface area contributed by atoms with Gasteiger partial charge in [-0.15, -0.1) is 0 Å². The third-order valence-corrected chi connectivity index (χ3v) is 3.93. The highest BCUT2D eigenvalue weighted by molar-refractivity contribution is 5.79. The molecule has 0 saturated carbocycles. The molecule has 3 unspecified atom stereocenters. The molecule has 2 fully saturated rings. The number of carboxylic acids is 1. The van der Waals surface area contributed by atoms with E-state index in [1.54, 1.807) is 0 Å². The number of fused-ring (bicyclic) bond motifs is 2. The predicted octanol–water partition coefficient (Wildman–Crippen LogP) is 0.0970. The van der Waals surface area contributed by atoms with Crippen molar-refractivity contribution in [3.63, 3.8) is 0 Å². The Morgan fingerprint density at radius 3 is 2.79 bits per heavy atom. The van der Waals surface area contributed by atoms with Gasteiger partial charge in [0.15, 0.2) is 0 Å². The third kappa shape index (κ3) is 1.17. The molecule has 0 aliphatic carbocycles. The molecular formula is C10H18N2O2. The van der Waals surface area contributed by atoms with Gasteiger partial charge in [0.05, 0.1) is 0 Å². The van der Waals surface area contributed by atoms with Crippen molar-refractivity contribution in [3.05, 3.63) is 0 Å². The smallest absolute Gasteiger partial charge is 0.324 e. The molecule has 4 heteroatoms. The van der Waals surface area contributed by atoms with Crippen LogP contribution in [0.2, 0.25) is 0 Å². The molecular weight excluding hydrogens is 180 g/mol. The highest BCUT2D eigenvalue weighted by Crippen LogP contribution is 2.38. The van der Waals surface area contributed by atoms with Crippen molar-refractivity contribution in [2.24, 2.45) is 5.92 Å². The van der Waals surface area contributed by atoms with E-state index in [1.807, 2.05) is 19.0 Å². The monoisotopic (exact) mass is 198 g/mol. The number of likely N-dealkylation sites (N-methyl/N-ethyl adjacent to an activating group) is 1. The quantitative estimate of drug-likeness (QED) is 0.683. The maximum atomic E-state index is 11.4. The van der Waals surface area contributed by atoms with Crippen LogP contribution in [0.5, 0.6) is 0 Å². The van der Waals surface area contributed by atoms with E-state index in [0.717, 1.165) is 32.5 Å². The fourth-order valence-corrected chi connectivity index (χ4v) is 3.02. The van der Waals surface area contributed by atoms with E-state index in [9.17, 15) is 9.90 Å². The van der Waals surface area contributed by atoms with Crippen molar-refractivity contribution < 1.29 is 9.90 Å². The summed E-state index contributed by atoms with van der Waals surface area (Å²) in [6, 6.07) is 0. The summed E-state index contributed by atoms with van der Waals surface area (Å²) in [5.41, 5.74) is -0.604. The van der Waals surface area contributed by atoms with Crippen LogP contribution in [0.4, 0.5) is 0 Å². The molecule has 2 aliphatic heterocycles. The minimum atomic E-state index is -0.644. The minimum Gasteiger partial charge on any atom is -0.480 e. The lowest BCUT2D eigenvalue weighted by Crippen LogP contribution is -2.60. The summed E-state index contributed by atoms with van der Waals surface area (Å²) >= 11 is 0. The van der Waals surface area contributed by atoms with Gasteiger partial charge in [-0.1, -0.05) is 0 Å². The molecule has 2 bridgehead atoms. The Bertz CT molecular complexity index is 255. The van der Waals surface area contributed by atoms with Crippen LogP contribution in [-0.2, 0) is 4.79 Å². The second-order valence-electron chi connectivity index (χ2n) is 4.66. The zero-order valence-corrected chi connectivity index (χ0v) is 8.86. The van der Waals surface area contributed by atoms with Gasteiger partial charge in [0.1, 0.15) is 5.54 Å². The van der Waals surface area contributed by atoms with E-state index in [0.29, 0.717) is 5.92 Å². The van der Waals surface area contributed by atoms with Crippen LogP contribution in [0.15, 0.2) is 0 Å². The first-order valence-electron chi connectivity index (χ1n) is 5.20. The average Bonchev–Trinajstić information content (AvgIpc) is 2.48. The highest BCUT2D eigenvalue weighted by Gasteiger charge is 2.52. The van der Waals surface area contributed by atoms with Gasteiger partial charge in [0.25, 0.3) is 0 Å². The summed E-state index contributed by atoms with van der Waals surface area (Å²) in [6.07, 6.45) is 1.80. The highest BCUT2D eigenvalue weighted by atomic mass is 16.4. The van der Waals surface area contributed by atoms with E-state index in [-0.39, 0.29) is 0 Å². The fraction of sp³-hybridized carbons (Fsp3) is 0.900. The zero-order valence-electron chi connectivity index (χ0n) is 8.86. The van der Waals surface area contributed by atoms with Gasteiger partial charge < -0.3 is 10.0 Å². The molecule has 14 heavy (non-hydrogen) atoms. The van der Waals surface area contributed by atoms with Crippen molar-refractivity contribution in [2.75, 3.05) is 33.7 Å². The van der Waals surface area contributed by atoms with Crippen molar-refractivity contribution in [1.82, 2.24) is 9.80 Å². The van der Waals surface area contributed by atoms with Gasteiger partial charge >= 0.3 is 5.97 Å². The van der Waals surface area contributed by atoms with E-state index in [2.05, 4.69) is 4.90 Å². The molecule has 0 radical (unpaired) electrons. The number of nitrogens with zero attached hydrogens (tertiary/aromatic N) is 2. The first-order valence-corrected chi connectivity index (χ1v) is 5.20. The molecule has 3 atom stereocenters. The largest absolute Gasteiger partial charge is 0.480 e. The molecule has 2 saturated heterocycles. The van der Waals surface area contributed by atoms with E-state index < -0.39 is 11.5 Å². The number of hydrogen-bond acceptors (Lipinski definition) is 3. The molecule has 0 aromatic rings. The van der Waals surface area contributed by atoms with Crippen LogP contribution in [-0.4, -0.2) is 60.1 Å². The Kier molecular flexibility index (Phi) is 2.27. The van der Waals surface area contributed by atoms with Gasteiger partial charge in [-0.25, -0.2) is 0 Å². The Morgan fingerprint density at radius 1 is 1.50 bits per heavy atom. The Labute approximate surface area is 84.5 Å². The van der Waals surface area contributed by atoms with Gasteiger partial charge in [-0.3, -0.25) is 9.69 Å². The van der Waals surface area contributed by atoms with Gasteiger partial charge in [-0.2, -0.15) is 0 Å². The fourth-order valence-electron chi connectivity index (χ4n) is 3.02. The van der Waals surface area contributed by atoms with Crippen LogP contribution < -0.4 is 0 Å². The van der Waals surface area contributed by atoms with Gasteiger partial charge in [0, 0.05) is 19.0 Å². The lowest BCUT2D eigenvalue weighted by atomic mass is 9.78. The number of carboxylic acid groups (broad SMARTS) is 1. The topological polar surface area (TPSA) is 43.8 Å². The number of piperidine rings is 1. The molecule has 0 aromatic carbocycles. The van der Waals surface area contributed by atoms with Crippen molar-refractivity contribution in [3.8, 4) is 0 Å². The van der Waals surface area contributed by atoms with Crippen LogP contribution >= 0.6 is 0 Å². The molecule has 0 spiro atoms.